The lowest BCUT2D eigenvalue weighted by Crippen LogP contribution is -2.20. The molecule has 158 valence electrons. The van der Waals surface area contributed by atoms with E-state index >= 15 is 0 Å². The molecule has 0 radical (unpaired) electrons. The number of rotatable bonds is 4. The van der Waals surface area contributed by atoms with Gasteiger partial charge in [-0.15, -0.1) is 0 Å². The molecule has 4 aromatic heterocycles. The van der Waals surface area contributed by atoms with E-state index < -0.39 is 0 Å². The van der Waals surface area contributed by atoms with Gasteiger partial charge in [0.05, 0.1) is 28.8 Å². The number of hydrogen-bond donors (Lipinski definition) is 3. The number of benzene rings is 1. The summed E-state index contributed by atoms with van der Waals surface area (Å²) in [6.07, 6.45) is 7.64. The molecule has 0 saturated heterocycles. The predicted octanol–water partition coefficient (Wildman–Crippen LogP) is 5.30. The Kier molecular flexibility index (Phi) is 4.45. The highest BCUT2D eigenvalue weighted by molar-refractivity contribution is 5.95. The molecule has 5 aromatic rings. The van der Waals surface area contributed by atoms with Crippen LogP contribution in [-0.4, -0.2) is 31.1 Å². The van der Waals surface area contributed by atoms with Crippen LogP contribution in [0.3, 0.4) is 0 Å². The maximum Gasteiger partial charge on any atom is 0.227 e. The summed E-state index contributed by atoms with van der Waals surface area (Å²) in [6, 6.07) is 16.1. The Bertz CT molecular complexity index is 1410. The van der Waals surface area contributed by atoms with E-state index in [-0.39, 0.29) is 11.8 Å². The van der Waals surface area contributed by atoms with Crippen molar-refractivity contribution in [1.82, 2.24) is 25.1 Å². The molecule has 1 aromatic carbocycles. The van der Waals surface area contributed by atoms with E-state index in [1.807, 2.05) is 36.4 Å². The first-order valence-corrected chi connectivity index (χ1v) is 10.9. The lowest BCUT2D eigenvalue weighted by Gasteiger charge is -2.11. The number of pyridine rings is 2. The highest BCUT2D eigenvalue weighted by Crippen LogP contribution is 2.30. The van der Waals surface area contributed by atoms with Crippen molar-refractivity contribution in [3.8, 4) is 22.6 Å². The molecule has 0 aliphatic heterocycles. The monoisotopic (exact) mass is 422 g/mol. The summed E-state index contributed by atoms with van der Waals surface area (Å²) in [4.78, 5) is 25.1. The summed E-state index contributed by atoms with van der Waals surface area (Å²) in [5, 5.41) is 11.7. The second-order valence-electron chi connectivity index (χ2n) is 8.37. The van der Waals surface area contributed by atoms with Crippen LogP contribution >= 0.6 is 0 Å². The number of aromatic amines is 2. The number of fused-ring (bicyclic) bond motifs is 2. The molecule has 1 aliphatic carbocycles. The fourth-order valence-electron chi connectivity index (χ4n) is 4.53. The Labute approximate surface area is 184 Å². The smallest absolute Gasteiger partial charge is 0.227 e. The fourth-order valence-corrected chi connectivity index (χ4v) is 4.53. The van der Waals surface area contributed by atoms with E-state index in [9.17, 15) is 4.79 Å². The van der Waals surface area contributed by atoms with Gasteiger partial charge < -0.3 is 10.3 Å². The number of hydrogen-bond acceptors (Lipinski definition) is 4. The molecule has 1 aliphatic rings. The van der Waals surface area contributed by atoms with E-state index in [1.165, 1.54) is 0 Å². The standard InChI is InChI=1S/C25H22N6O/c32-25(15-5-1-2-6-15)27-18-11-17(13-26-14-18)20-9-10-21-23(29-20)24(31-30-21)22-12-16-7-3-4-8-19(16)28-22/h3-4,7-15,28H,1-2,5-6H2,(H,27,32)(H,30,31). The van der Waals surface area contributed by atoms with Gasteiger partial charge in [0.15, 0.2) is 0 Å². The summed E-state index contributed by atoms with van der Waals surface area (Å²) in [6.45, 7) is 0. The third kappa shape index (κ3) is 3.32. The highest BCUT2D eigenvalue weighted by atomic mass is 16.1. The minimum Gasteiger partial charge on any atom is -0.353 e. The topological polar surface area (TPSA) is 99.4 Å². The zero-order valence-electron chi connectivity index (χ0n) is 17.4. The van der Waals surface area contributed by atoms with E-state index in [0.717, 1.165) is 70.3 Å². The van der Waals surface area contributed by atoms with Crippen LogP contribution in [0.15, 0.2) is 60.9 Å². The maximum atomic E-state index is 12.5. The zero-order chi connectivity index (χ0) is 21.5. The van der Waals surface area contributed by atoms with Gasteiger partial charge in [-0.3, -0.25) is 14.9 Å². The molecular formula is C25H22N6O. The highest BCUT2D eigenvalue weighted by Gasteiger charge is 2.22. The molecule has 0 spiro atoms. The number of H-pyrrole nitrogens is 2. The fraction of sp³-hybridized carbons (Fsp3) is 0.200. The van der Waals surface area contributed by atoms with Gasteiger partial charge in [-0.1, -0.05) is 31.0 Å². The molecule has 0 unspecified atom stereocenters. The molecule has 4 heterocycles. The van der Waals surface area contributed by atoms with Gasteiger partial charge in [-0.05, 0) is 43.2 Å². The lowest BCUT2D eigenvalue weighted by atomic mass is 10.1. The minimum absolute atomic E-state index is 0.0841. The average molecular weight is 422 g/mol. The third-order valence-corrected chi connectivity index (χ3v) is 6.22. The number of anilines is 1. The molecule has 1 saturated carbocycles. The molecule has 0 bridgehead atoms. The predicted molar refractivity (Wildman–Crippen MR) is 125 cm³/mol. The number of aromatic nitrogens is 5. The summed E-state index contributed by atoms with van der Waals surface area (Å²) in [7, 11) is 0. The number of para-hydroxylation sites is 1. The van der Waals surface area contributed by atoms with Crippen LogP contribution in [0.5, 0.6) is 0 Å². The summed E-state index contributed by atoms with van der Waals surface area (Å²) < 4.78 is 0. The Morgan fingerprint density at radius 1 is 1.00 bits per heavy atom. The zero-order valence-corrected chi connectivity index (χ0v) is 17.4. The largest absolute Gasteiger partial charge is 0.353 e. The van der Waals surface area contributed by atoms with Gasteiger partial charge in [0, 0.05) is 28.6 Å². The molecule has 32 heavy (non-hydrogen) atoms. The minimum atomic E-state index is 0.0841. The van der Waals surface area contributed by atoms with Gasteiger partial charge in [0.25, 0.3) is 0 Å². The van der Waals surface area contributed by atoms with Crippen molar-refractivity contribution in [2.45, 2.75) is 25.7 Å². The average Bonchev–Trinajstić information content (AvgIpc) is 3.58. The van der Waals surface area contributed by atoms with Crippen molar-refractivity contribution >= 4 is 33.5 Å². The van der Waals surface area contributed by atoms with Crippen LogP contribution in [0.1, 0.15) is 25.7 Å². The van der Waals surface area contributed by atoms with Gasteiger partial charge in [-0.25, -0.2) is 4.98 Å². The maximum absolute atomic E-state index is 12.5. The first-order chi connectivity index (χ1) is 15.7. The van der Waals surface area contributed by atoms with E-state index in [2.05, 4.69) is 37.6 Å². The second kappa shape index (κ2) is 7.60. The van der Waals surface area contributed by atoms with E-state index in [1.54, 1.807) is 12.4 Å². The first kappa shape index (κ1) is 18.7. The van der Waals surface area contributed by atoms with Gasteiger partial charge in [0.2, 0.25) is 5.91 Å². The number of carbonyl (C=O) groups excluding carboxylic acids is 1. The quantitative estimate of drug-likeness (QED) is 0.366. The molecule has 6 rings (SSSR count). The molecular weight excluding hydrogens is 400 g/mol. The van der Waals surface area contributed by atoms with Crippen LogP contribution in [-0.2, 0) is 4.79 Å². The number of nitrogens with one attached hydrogen (secondary N) is 3. The second-order valence-corrected chi connectivity index (χ2v) is 8.37. The van der Waals surface area contributed by atoms with Crippen LogP contribution in [0, 0.1) is 5.92 Å². The number of nitrogens with zero attached hydrogens (tertiary/aromatic N) is 3. The van der Waals surface area contributed by atoms with Gasteiger partial charge >= 0.3 is 0 Å². The normalized spacial score (nSPS) is 14.4. The molecule has 7 heteroatoms. The van der Waals surface area contributed by atoms with Crippen LogP contribution in [0.4, 0.5) is 5.69 Å². The van der Waals surface area contributed by atoms with Gasteiger partial charge in [0.1, 0.15) is 11.2 Å². The molecule has 7 nitrogen and oxygen atoms in total. The Morgan fingerprint density at radius 3 is 2.75 bits per heavy atom. The van der Waals surface area contributed by atoms with Crippen LogP contribution < -0.4 is 5.32 Å². The lowest BCUT2D eigenvalue weighted by molar-refractivity contribution is -0.119. The van der Waals surface area contributed by atoms with E-state index in [4.69, 9.17) is 4.98 Å². The van der Waals surface area contributed by atoms with Gasteiger partial charge in [-0.2, -0.15) is 5.10 Å². The van der Waals surface area contributed by atoms with Crippen molar-refractivity contribution in [2.24, 2.45) is 5.92 Å². The van der Waals surface area contributed by atoms with Crippen molar-refractivity contribution in [1.29, 1.82) is 0 Å². The van der Waals surface area contributed by atoms with Crippen LogP contribution in [0.25, 0.3) is 44.6 Å². The molecule has 1 amide bonds. The molecule has 0 atom stereocenters. The molecule has 3 N–H and O–H groups in total. The summed E-state index contributed by atoms with van der Waals surface area (Å²) >= 11 is 0. The van der Waals surface area contributed by atoms with Crippen molar-refractivity contribution in [2.75, 3.05) is 5.32 Å². The molecule has 1 fully saturated rings. The van der Waals surface area contributed by atoms with Crippen molar-refractivity contribution < 1.29 is 4.79 Å². The Balaban J connectivity index is 1.35. The van der Waals surface area contributed by atoms with E-state index in [0.29, 0.717) is 5.69 Å². The summed E-state index contributed by atoms with van der Waals surface area (Å²) in [5.74, 6) is 0.193. The third-order valence-electron chi connectivity index (χ3n) is 6.22. The van der Waals surface area contributed by atoms with Crippen LogP contribution in [0.2, 0.25) is 0 Å². The SMILES string of the molecule is O=C(Nc1cncc(-c2ccc3[nH]nc(-c4cc5ccccc5[nH]4)c3n2)c1)C1CCCC1. The van der Waals surface area contributed by atoms with Crippen molar-refractivity contribution in [3.63, 3.8) is 0 Å². The Hall–Kier alpha value is -4.00. The summed E-state index contributed by atoms with van der Waals surface area (Å²) in [5.41, 5.74) is 6.72. The van der Waals surface area contributed by atoms with Crippen molar-refractivity contribution in [3.05, 3.63) is 60.9 Å². The Morgan fingerprint density at radius 2 is 1.88 bits per heavy atom. The first-order valence-electron chi connectivity index (χ1n) is 10.9. The number of carbonyl (C=O) groups is 1. The number of amides is 1.